The quantitative estimate of drug-likeness (QED) is 0.678. The molecule has 1 unspecified atom stereocenters. The lowest BCUT2D eigenvalue weighted by molar-refractivity contribution is -0.109. The molecule has 76 valence electrons. The number of halogens is 1. The molecule has 0 radical (unpaired) electrons. The molecular formula is C8H14FNO3. The van der Waals surface area contributed by atoms with Gasteiger partial charge in [0.15, 0.2) is 0 Å². The standard InChI is InChI=1S/C8H14FNO3/c1-8(2,3)13-7(12)10-6(4-9)5-11/h5-6H,4H2,1-3H3,(H,10,12). The SMILES string of the molecule is CC(C)(C)OC(=O)NC(C=O)CF. The second kappa shape index (κ2) is 4.79. The molecule has 1 N–H and O–H groups in total. The van der Waals surface area contributed by atoms with E-state index in [9.17, 15) is 14.0 Å². The monoisotopic (exact) mass is 191 g/mol. The maximum Gasteiger partial charge on any atom is 0.408 e. The van der Waals surface area contributed by atoms with Crippen LogP contribution in [0.3, 0.4) is 0 Å². The maximum atomic E-state index is 11.9. The summed E-state index contributed by atoms with van der Waals surface area (Å²) in [5.74, 6) is 0. The van der Waals surface area contributed by atoms with Gasteiger partial charge in [0.1, 0.15) is 24.6 Å². The lowest BCUT2D eigenvalue weighted by atomic mass is 10.2. The van der Waals surface area contributed by atoms with Gasteiger partial charge < -0.3 is 14.8 Å². The van der Waals surface area contributed by atoms with Gasteiger partial charge >= 0.3 is 6.09 Å². The molecule has 0 aromatic carbocycles. The predicted octanol–water partition coefficient (Wildman–Crippen LogP) is 1.05. The van der Waals surface area contributed by atoms with E-state index in [2.05, 4.69) is 5.32 Å². The number of rotatable bonds is 3. The van der Waals surface area contributed by atoms with Crippen LogP contribution in [-0.2, 0) is 9.53 Å². The Morgan fingerprint density at radius 3 is 2.46 bits per heavy atom. The summed E-state index contributed by atoms with van der Waals surface area (Å²) in [7, 11) is 0. The van der Waals surface area contributed by atoms with E-state index in [0.717, 1.165) is 0 Å². The number of aldehydes is 1. The van der Waals surface area contributed by atoms with Gasteiger partial charge in [0, 0.05) is 0 Å². The third-order valence-corrected chi connectivity index (χ3v) is 1.03. The first-order valence-electron chi connectivity index (χ1n) is 3.90. The fourth-order valence-electron chi connectivity index (χ4n) is 0.568. The Balaban J connectivity index is 3.93. The number of carbonyl (C=O) groups is 2. The second-order valence-electron chi connectivity index (χ2n) is 3.54. The molecule has 1 amide bonds. The second-order valence-corrected chi connectivity index (χ2v) is 3.54. The van der Waals surface area contributed by atoms with Crippen LogP contribution in [0.15, 0.2) is 0 Å². The Hall–Kier alpha value is -1.13. The minimum Gasteiger partial charge on any atom is -0.444 e. The van der Waals surface area contributed by atoms with Gasteiger partial charge in [0.2, 0.25) is 0 Å². The highest BCUT2D eigenvalue weighted by atomic mass is 19.1. The van der Waals surface area contributed by atoms with E-state index < -0.39 is 24.4 Å². The summed E-state index contributed by atoms with van der Waals surface area (Å²) in [6.07, 6.45) is -0.466. The van der Waals surface area contributed by atoms with Gasteiger partial charge in [-0.2, -0.15) is 0 Å². The number of nitrogens with one attached hydrogen (secondary N) is 1. The van der Waals surface area contributed by atoms with Crippen LogP contribution < -0.4 is 5.32 Å². The first-order chi connectivity index (χ1) is 5.89. The van der Waals surface area contributed by atoms with E-state index >= 15 is 0 Å². The summed E-state index contributed by atoms with van der Waals surface area (Å²) >= 11 is 0. The fraction of sp³-hybridized carbons (Fsp3) is 0.750. The van der Waals surface area contributed by atoms with Crippen molar-refractivity contribution in [2.24, 2.45) is 0 Å². The topological polar surface area (TPSA) is 55.4 Å². The molecule has 0 bridgehead atoms. The molecule has 4 nitrogen and oxygen atoms in total. The molecule has 0 aliphatic heterocycles. The number of ether oxygens (including phenoxy) is 1. The van der Waals surface area contributed by atoms with Crippen LogP contribution in [0.5, 0.6) is 0 Å². The van der Waals surface area contributed by atoms with Gasteiger partial charge in [-0.3, -0.25) is 0 Å². The summed E-state index contributed by atoms with van der Waals surface area (Å²) in [4.78, 5) is 21.1. The van der Waals surface area contributed by atoms with Crippen LogP contribution in [0.4, 0.5) is 9.18 Å². The highest BCUT2D eigenvalue weighted by molar-refractivity contribution is 5.73. The molecule has 0 aliphatic rings. The molecule has 0 aromatic heterocycles. The number of hydrogen-bond acceptors (Lipinski definition) is 3. The molecule has 0 saturated heterocycles. The van der Waals surface area contributed by atoms with E-state index in [-0.39, 0.29) is 0 Å². The van der Waals surface area contributed by atoms with E-state index in [1.807, 2.05) is 0 Å². The van der Waals surface area contributed by atoms with Gasteiger partial charge in [-0.15, -0.1) is 0 Å². The van der Waals surface area contributed by atoms with E-state index in [1.54, 1.807) is 20.8 Å². The lowest BCUT2D eigenvalue weighted by Gasteiger charge is -2.20. The van der Waals surface area contributed by atoms with Gasteiger partial charge in [-0.25, -0.2) is 9.18 Å². The van der Waals surface area contributed by atoms with Crippen molar-refractivity contribution in [3.63, 3.8) is 0 Å². The van der Waals surface area contributed by atoms with Crippen molar-refractivity contribution in [2.75, 3.05) is 6.67 Å². The predicted molar refractivity (Wildman–Crippen MR) is 45.2 cm³/mol. The number of hydrogen-bond donors (Lipinski definition) is 1. The summed E-state index contributed by atoms with van der Waals surface area (Å²) < 4.78 is 16.7. The number of amides is 1. The zero-order chi connectivity index (χ0) is 10.5. The number of alkyl halides is 1. The number of carbonyl (C=O) groups excluding carboxylic acids is 2. The van der Waals surface area contributed by atoms with Crippen molar-refractivity contribution in [1.82, 2.24) is 5.32 Å². The van der Waals surface area contributed by atoms with Crippen molar-refractivity contribution in [2.45, 2.75) is 32.4 Å². The number of alkyl carbamates (subject to hydrolysis) is 1. The smallest absolute Gasteiger partial charge is 0.408 e. The van der Waals surface area contributed by atoms with Crippen molar-refractivity contribution < 1.29 is 18.7 Å². The van der Waals surface area contributed by atoms with Crippen molar-refractivity contribution >= 4 is 12.4 Å². The maximum absolute atomic E-state index is 11.9. The Morgan fingerprint density at radius 2 is 2.15 bits per heavy atom. The van der Waals surface area contributed by atoms with Crippen LogP contribution in [0, 0.1) is 0 Å². The van der Waals surface area contributed by atoms with Crippen LogP contribution >= 0.6 is 0 Å². The molecule has 0 spiro atoms. The van der Waals surface area contributed by atoms with Crippen molar-refractivity contribution in [3.8, 4) is 0 Å². The molecule has 0 fully saturated rings. The summed E-state index contributed by atoms with van der Waals surface area (Å²) in [6, 6.07) is -1.12. The fourth-order valence-corrected chi connectivity index (χ4v) is 0.568. The molecule has 13 heavy (non-hydrogen) atoms. The van der Waals surface area contributed by atoms with Gasteiger partial charge in [0.05, 0.1) is 0 Å². The van der Waals surface area contributed by atoms with Gasteiger partial charge in [-0.05, 0) is 20.8 Å². The first-order valence-corrected chi connectivity index (χ1v) is 3.90. The summed E-state index contributed by atoms with van der Waals surface area (Å²) in [6.45, 7) is 4.11. The molecule has 5 heteroatoms. The molecule has 0 heterocycles. The van der Waals surface area contributed by atoms with E-state index in [1.165, 1.54) is 0 Å². The molecule has 0 aromatic rings. The lowest BCUT2D eigenvalue weighted by Crippen LogP contribution is -2.41. The Bertz CT molecular complexity index is 188. The van der Waals surface area contributed by atoms with Crippen LogP contribution in [0.25, 0.3) is 0 Å². The molecule has 1 atom stereocenters. The molecule has 0 saturated carbocycles. The largest absolute Gasteiger partial charge is 0.444 e. The average Bonchev–Trinajstić information content (AvgIpc) is 1.96. The molecule has 0 rings (SSSR count). The first kappa shape index (κ1) is 11.9. The molecular weight excluding hydrogens is 177 g/mol. The Labute approximate surface area is 76.4 Å². The summed E-state index contributed by atoms with van der Waals surface area (Å²) in [5.41, 5.74) is -0.645. The highest BCUT2D eigenvalue weighted by Gasteiger charge is 2.18. The normalized spacial score (nSPS) is 13.2. The molecule has 0 aliphatic carbocycles. The minimum absolute atomic E-state index is 0.323. The van der Waals surface area contributed by atoms with Gasteiger partial charge in [-0.1, -0.05) is 0 Å². The van der Waals surface area contributed by atoms with E-state index in [4.69, 9.17) is 4.74 Å². The highest BCUT2D eigenvalue weighted by Crippen LogP contribution is 2.06. The zero-order valence-corrected chi connectivity index (χ0v) is 7.96. The Morgan fingerprint density at radius 1 is 1.62 bits per heavy atom. The third-order valence-electron chi connectivity index (χ3n) is 1.03. The zero-order valence-electron chi connectivity index (χ0n) is 7.96. The van der Waals surface area contributed by atoms with Crippen molar-refractivity contribution in [1.29, 1.82) is 0 Å². The Kier molecular flexibility index (Phi) is 4.37. The summed E-state index contributed by atoms with van der Waals surface area (Å²) in [5, 5.41) is 2.07. The van der Waals surface area contributed by atoms with E-state index in [0.29, 0.717) is 6.29 Å². The minimum atomic E-state index is -1.12. The third kappa shape index (κ3) is 6.07. The average molecular weight is 191 g/mol. The van der Waals surface area contributed by atoms with Crippen LogP contribution in [0.1, 0.15) is 20.8 Å². The van der Waals surface area contributed by atoms with Crippen LogP contribution in [-0.4, -0.2) is 30.7 Å². The van der Waals surface area contributed by atoms with Gasteiger partial charge in [0.25, 0.3) is 0 Å². The van der Waals surface area contributed by atoms with Crippen LogP contribution in [0.2, 0.25) is 0 Å². The van der Waals surface area contributed by atoms with Crippen molar-refractivity contribution in [3.05, 3.63) is 0 Å².